The molecule has 0 fully saturated rings. The van der Waals surface area contributed by atoms with E-state index >= 15 is 0 Å². The second-order valence-electron chi connectivity index (χ2n) is 7.01. The monoisotopic (exact) mass is 256 g/mol. The minimum absolute atomic E-state index is 0.286. The highest BCUT2D eigenvalue weighted by molar-refractivity contribution is 4.78. The first-order valence-corrected chi connectivity index (χ1v) is 7.75. The highest BCUT2D eigenvalue weighted by Crippen LogP contribution is 2.22. The van der Waals surface area contributed by atoms with Crippen molar-refractivity contribution < 1.29 is 0 Å². The minimum atomic E-state index is 0.286. The lowest BCUT2D eigenvalue weighted by Gasteiger charge is -2.34. The summed E-state index contributed by atoms with van der Waals surface area (Å²) in [5, 5.41) is 0. The lowest BCUT2D eigenvalue weighted by atomic mass is 9.86. The molecule has 0 aromatic heterocycles. The molecule has 0 saturated heterocycles. The van der Waals surface area contributed by atoms with E-state index in [4.69, 9.17) is 5.73 Å². The molecule has 1 atom stereocenters. The molecule has 0 aliphatic heterocycles. The molecule has 18 heavy (non-hydrogen) atoms. The Kier molecular flexibility index (Phi) is 8.89. The molecule has 1 unspecified atom stereocenters. The summed E-state index contributed by atoms with van der Waals surface area (Å²) in [7, 11) is 0. The maximum atomic E-state index is 5.95. The standard InChI is InChI=1S/C16H36N2/c1-7-16(6,12-17)13-18(10-8-14(2)3)11-9-15(4)5/h14-15H,7-13,17H2,1-6H3. The van der Waals surface area contributed by atoms with E-state index in [1.54, 1.807) is 0 Å². The molecule has 0 aliphatic carbocycles. The quantitative estimate of drug-likeness (QED) is 0.645. The lowest BCUT2D eigenvalue weighted by Crippen LogP contribution is -2.41. The largest absolute Gasteiger partial charge is 0.330 e. The molecule has 0 rings (SSSR count). The third-order valence-electron chi connectivity index (χ3n) is 4.00. The molecule has 0 heterocycles. The third kappa shape index (κ3) is 8.10. The molecular weight excluding hydrogens is 220 g/mol. The van der Waals surface area contributed by atoms with Crippen LogP contribution in [0.4, 0.5) is 0 Å². The number of hydrogen-bond donors (Lipinski definition) is 1. The number of nitrogens with two attached hydrogens (primary N) is 1. The van der Waals surface area contributed by atoms with Gasteiger partial charge in [0.1, 0.15) is 0 Å². The molecule has 0 aliphatic rings. The molecule has 0 bridgehead atoms. The zero-order valence-electron chi connectivity index (χ0n) is 13.6. The van der Waals surface area contributed by atoms with Gasteiger partial charge in [-0.25, -0.2) is 0 Å². The second kappa shape index (κ2) is 8.92. The van der Waals surface area contributed by atoms with E-state index < -0.39 is 0 Å². The van der Waals surface area contributed by atoms with Crippen molar-refractivity contribution in [1.29, 1.82) is 0 Å². The summed E-state index contributed by atoms with van der Waals surface area (Å²) < 4.78 is 0. The van der Waals surface area contributed by atoms with Gasteiger partial charge in [-0.1, -0.05) is 41.5 Å². The Morgan fingerprint density at radius 2 is 1.44 bits per heavy atom. The molecule has 0 saturated carbocycles. The fourth-order valence-electron chi connectivity index (χ4n) is 2.01. The predicted molar refractivity (Wildman–Crippen MR) is 82.8 cm³/mol. The van der Waals surface area contributed by atoms with Crippen molar-refractivity contribution in [2.75, 3.05) is 26.2 Å². The van der Waals surface area contributed by atoms with E-state index in [0.717, 1.165) is 24.9 Å². The van der Waals surface area contributed by atoms with E-state index in [1.807, 2.05) is 0 Å². The molecule has 0 aromatic carbocycles. The van der Waals surface area contributed by atoms with Gasteiger partial charge in [0.05, 0.1) is 0 Å². The van der Waals surface area contributed by atoms with Gasteiger partial charge in [-0.05, 0) is 56.1 Å². The number of rotatable bonds is 10. The molecule has 0 amide bonds. The summed E-state index contributed by atoms with van der Waals surface area (Å²) in [5.74, 6) is 1.58. The van der Waals surface area contributed by atoms with Crippen molar-refractivity contribution in [3.05, 3.63) is 0 Å². The van der Waals surface area contributed by atoms with Gasteiger partial charge >= 0.3 is 0 Å². The Hall–Kier alpha value is -0.0800. The molecule has 2 N–H and O–H groups in total. The summed E-state index contributed by atoms with van der Waals surface area (Å²) in [5.41, 5.74) is 6.24. The fourth-order valence-corrected chi connectivity index (χ4v) is 2.01. The van der Waals surface area contributed by atoms with Crippen molar-refractivity contribution in [3.8, 4) is 0 Å². The van der Waals surface area contributed by atoms with Gasteiger partial charge in [0.15, 0.2) is 0 Å². The van der Waals surface area contributed by atoms with Crippen LogP contribution < -0.4 is 5.73 Å². The average Bonchev–Trinajstić information content (AvgIpc) is 2.32. The highest BCUT2D eigenvalue weighted by atomic mass is 15.1. The number of nitrogens with zero attached hydrogens (tertiary/aromatic N) is 1. The summed E-state index contributed by atoms with van der Waals surface area (Å²) in [4.78, 5) is 2.64. The van der Waals surface area contributed by atoms with Gasteiger partial charge in [0.2, 0.25) is 0 Å². The first kappa shape index (κ1) is 17.9. The van der Waals surface area contributed by atoms with Crippen LogP contribution >= 0.6 is 0 Å². The van der Waals surface area contributed by atoms with E-state index in [9.17, 15) is 0 Å². The first-order chi connectivity index (χ1) is 8.33. The van der Waals surface area contributed by atoms with Crippen molar-refractivity contribution in [2.24, 2.45) is 23.0 Å². The average molecular weight is 256 g/mol. The zero-order valence-corrected chi connectivity index (χ0v) is 13.6. The van der Waals surface area contributed by atoms with Gasteiger partial charge in [0, 0.05) is 6.54 Å². The van der Waals surface area contributed by atoms with E-state index in [2.05, 4.69) is 46.4 Å². The van der Waals surface area contributed by atoms with Crippen LogP contribution in [0.5, 0.6) is 0 Å². The van der Waals surface area contributed by atoms with Gasteiger partial charge < -0.3 is 10.6 Å². The minimum Gasteiger partial charge on any atom is -0.330 e. The highest BCUT2D eigenvalue weighted by Gasteiger charge is 2.23. The van der Waals surface area contributed by atoms with E-state index in [-0.39, 0.29) is 5.41 Å². The molecular formula is C16H36N2. The Bertz CT molecular complexity index is 183. The molecule has 2 nitrogen and oxygen atoms in total. The Balaban J connectivity index is 4.35. The van der Waals surface area contributed by atoms with Gasteiger partial charge in [-0.2, -0.15) is 0 Å². The zero-order chi connectivity index (χ0) is 14.2. The fraction of sp³-hybridized carbons (Fsp3) is 1.00. The Morgan fingerprint density at radius 1 is 1.00 bits per heavy atom. The maximum Gasteiger partial charge on any atom is 0.00473 e. The molecule has 0 radical (unpaired) electrons. The van der Waals surface area contributed by atoms with Crippen LogP contribution in [-0.2, 0) is 0 Å². The Morgan fingerprint density at radius 3 is 1.72 bits per heavy atom. The smallest absolute Gasteiger partial charge is 0.00473 e. The van der Waals surface area contributed by atoms with Crippen molar-refractivity contribution in [3.63, 3.8) is 0 Å². The SMILES string of the molecule is CCC(C)(CN)CN(CCC(C)C)CCC(C)C. The van der Waals surface area contributed by atoms with Crippen LogP contribution in [0, 0.1) is 17.3 Å². The van der Waals surface area contributed by atoms with E-state index in [1.165, 1.54) is 32.4 Å². The van der Waals surface area contributed by atoms with Crippen LogP contribution in [0.25, 0.3) is 0 Å². The third-order valence-corrected chi connectivity index (χ3v) is 4.00. The first-order valence-electron chi connectivity index (χ1n) is 7.75. The topological polar surface area (TPSA) is 29.3 Å². The summed E-state index contributed by atoms with van der Waals surface area (Å²) >= 11 is 0. The van der Waals surface area contributed by atoms with Crippen molar-refractivity contribution in [2.45, 2.75) is 60.8 Å². The summed E-state index contributed by atoms with van der Waals surface area (Å²) in [6.45, 7) is 18.2. The number of hydrogen-bond acceptors (Lipinski definition) is 2. The molecule has 2 heteroatoms. The normalized spacial score (nSPS) is 15.7. The predicted octanol–water partition coefficient (Wildman–Crippen LogP) is 3.76. The molecule has 0 spiro atoms. The lowest BCUT2D eigenvalue weighted by molar-refractivity contribution is 0.151. The van der Waals surface area contributed by atoms with Crippen LogP contribution in [0.1, 0.15) is 60.8 Å². The summed E-state index contributed by atoms with van der Waals surface area (Å²) in [6, 6.07) is 0. The van der Waals surface area contributed by atoms with Gasteiger partial charge in [-0.15, -0.1) is 0 Å². The molecule has 0 aromatic rings. The van der Waals surface area contributed by atoms with Crippen LogP contribution in [0.2, 0.25) is 0 Å². The Labute approximate surface area is 115 Å². The van der Waals surface area contributed by atoms with Crippen LogP contribution in [-0.4, -0.2) is 31.1 Å². The molecule has 110 valence electrons. The van der Waals surface area contributed by atoms with Crippen molar-refractivity contribution in [1.82, 2.24) is 4.90 Å². The van der Waals surface area contributed by atoms with Crippen LogP contribution in [0.3, 0.4) is 0 Å². The van der Waals surface area contributed by atoms with Gasteiger partial charge in [0.25, 0.3) is 0 Å². The van der Waals surface area contributed by atoms with E-state index in [0.29, 0.717) is 0 Å². The van der Waals surface area contributed by atoms with Gasteiger partial charge in [-0.3, -0.25) is 0 Å². The second-order valence-corrected chi connectivity index (χ2v) is 7.01. The maximum absolute atomic E-state index is 5.95. The van der Waals surface area contributed by atoms with Crippen molar-refractivity contribution >= 4 is 0 Å². The van der Waals surface area contributed by atoms with Crippen LogP contribution in [0.15, 0.2) is 0 Å². The summed E-state index contributed by atoms with van der Waals surface area (Å²) in [6.07, 6.45) is 3.76.